The highest BCUT2D eigenvalue weighted by atomic mass is 32.2. The number of carbonyl (C=O) groups is 1. The Morgan fingerprint density at radius 3 is 2.68 bits per heavy atom. The van der Waals surface area contributed by atoms with Crippen LogP contribution in [0.1, 0.15) is 24.2 Å². The quantitative estimate of drug-likeness (QED) is 0.649. The van der Waals surface area contributed by atoms with Gasteiger partial charge in [-0.05, 0) is 44.6 Å². The van der Waals surface area contributed by atoms with Crippen LogP contribution in [0, 0.1) is 5.92 Å². The molecule has 0 saturated carbocycles. The fourth-order valence-electron chi connectivity index (χ4n) is 3.51. The normalized spacial score (nSPS) is 20.6. The Hall–Kier alpha value is -2.14. The smallest absolute Gasteiger partial charge is 0.271 e. The van der Waals surface area contributed by atoms with Crippen molar-refractivity contribution in [2.75, 3.05) is 38.5 Å². The number of likely N-dealkylation sites (N-methyl/N-ethyl adjacent to an activating group) is 1. The molecular weight excluding hydrogens is 438 g/mol. The standard InChI is InChI=1S/C21H29N3O5S2/c1-14-11-24(15(2)13-25)21(26)16-7-5-8-17(20(16)29-18(14)12-23(3)4)22-31(27,28)19-9-6-10-30-19/h5-10,14-15,18,22,25H,11-13H2,1-4H3/t14-,15+,18+/m0/s1. The average molecular weight is 468 g/mol. The molecule has 3 atom stereocenters. The van der Waals surface area contributed by atoms with Crippen LogP contribution in [0.25, 0.3) is 0 Å². The molecule has 10 heteroatoms. The van der Waals surface area contributed by atoms with Crippen molar-refractivity contribution in [2.24, 2.45) is 5.92 Å². The number of anilines is 1. The van der Waals surface area contributed by atoms with Gasteiger partial charge in [-0.25, -0.2) is 8.42 Å². The molecule has 0 spiro atoms. The summed E-state index contributed by atoms with van der Waals surface area (Å²) >= 11 is 1.11. The van der Waals surface area contributed by atoms with Crippen LogP contribution >= 0.6 is 11.3 Å². The molecule has 0 aliphatic carbocycles. The van der Waals surface area contributed by atoms with E-state index in [9.17, 15) is 18.3 Å². The van der Waals surface area contributed by atoms with Crippen LogP contribution in [0.3, 0.4) is 0 Å². The van der Waals surface area contributed by atoms with Gasteiger partial charge in [-0.1, -0.05) is 19.1 Å². The zero-order valence-corrected chi connectivity index (χ0v) is 19.7. The number of aliphatic hydroxyl groups excluding tert-OH is 1. The van der Waals surface area contributed by atoms with Gasteiger partial charge in [-0.3, -0.25) is 9.52 Å². The van der Waals surface area contributed by atoms with E-state index < -0.39 is 10.0 Å². The molecule has 1 aliphatic heterocycles. The van der Waals surface area contributed by atoms with E-state index in [4.69, 9.17) is 4.74 Å². The average Bonchev–Trinajstić information content (AvgIpc) is 3.26. The van der Waals surface area contributed by atoms with E-state index in [0.717, 1.165) is 11.3 Å². The molecule has 1 aromatic heterocycles. The molecule has 1 aliphatic rings. The number of benzene rings is 1. The molecule has 170 valence electrons. The second-order valence-electron chi connectivity index (χ2n) is 8.10. The van der Waals surface area contributed by atoms with Gasteiger partial charge in [0, 0.05) is 19.0 Å². The van der Waals surface area contributed by atoms with E-state index in [1.165, 1.54) is 6.07 Å². The van der Waals surface area contributed by atoms with E-state index in [0.29, 0.717) is 13.1 Å². The number of nitrogens with one attached hydrogen (secondary N) is 1. The first-order valence-electron chi connectivity index (χ1n) is 10.1. The van der Waals surface area contributed by atoms with Crippen molar-refractivity contribution in [1.82, 2.24) is 9.80 Å². The minimum atomic E-state index is -3.82. The van der Waals surface area contributed by atoms with Gasteiger partial charge in [0.2, 0.25) is 0 Å². The fraction of sp³-hybridized carbons (Fsp3) is 0.476. The Kier molecular flexibility index (Phi) is 7.25. The van der Waals surface area contributed by atoms with E-state index in [-0.39, 0.29) is 51.8 Å². The van der Waals surface area contributed by atoms with Crippen LogP contribution in [-0.4, -0.2) is 75.2 Å². The molecule has 0 radical (unpaired) electrons. The van der Waals surface area contributed by atoms with E-state index in [1.54, 1.807) is 41.5 Å². The molecule has 31 heavy (non-hydrogen) atoms. The number of hydrogen-bond acceptors (Lipinski definition) is 7. The lowest BCUT2D eigenvalue weighted by Gasteiger charge is -2.38. The lowest BCUT2D eigenvalue weighted by atomic mass is 9.99. The number of para-hydroxylation sites is 1. The molecule has 1 aromatic carbocycles. The maximum absolute atomic E-state index is 13.4. The third-order valence-electron chi connectivity index (χ3n) is 5.24. The van der Waals surface area contributed by atoms with Gasteiger partial charge in [0.15, 0.2) is 5.75 Å². The molecule has 0 fully saturated rings. The first kappa shape index (κ1) is 23.5. The van der Waals surface area contributed by atoms with Crippen molar-refractivity contribution in [3.63, 3.8) is 0 Å². The van der Waals surface area contributed by atoms with Gasteiger partial charge in [0.05, 0.1) is 23.9 Å². The molecule has 1 amide bonds. The first-order chi connectivity index (χ1) is 14.6. The number of thiophene rings is 1. The molecule has 0 unspecified atom stereocenters. The fourth-order valence-corrected chi connectivity index (χ4v) is 5.57. The summed E-state index contributed by atoms with van der Waals surface area (Å²) in [7, 11) is 0.0446. The zero-order chi connectivity index (χ0) is 22.8. The number of amides is 1. The summed E-state index contributed by atoms with van der Waals surface area (Å²) in [6, 6.07) is 7.65. The van der Waals surface area contributed by atoms with Crippen molar-refractivity contribution in [3.8, 4) is 5.75 Å². The number of carbonyl (C=O) groups excluding carboxylic acids is 1. The Bertz CT molecular complexity index is 1010. The predicted octanol–water partition coefficient (Wildman–Crippen LogP) is 2.33. The number of fused-ring (bicyclic) bond motifs is 1. The molecule has 2 N–H and O–H groups in total. The number of nitrogens with zero attached hydrogens (tertiary/aromatic N) is 2. The van der Waals surface area contributed by atoms with Crippen molar-refractivity contribution in [3.05, 3.63) is 41.3 Å². The number of ether oxygens (including phenoxy) is 1. The minimum Gasteiger partial charge on any atom is -0.486 e. The SMILES string of the molecule is C[C@H](CO)N1C[C@H](C)[C@@H](CN(C)C)Oc2c(NS(=O)(=O)c3cccs3)cccc2C1=O. The molecular formula is C21H29N3O5S2. The van der Waals surface area contributed by atoms with E-state index in [2.05, 4.69) is 4.72 Å². The number of aliphatic hydroxyl groups is 1. The first-order valence-corrected chi connectivity index (χ1v) is 12.4. The van der Waals surface area contributed by atoms with Gasteiger partial charge < -0.3 is 19.6 Å². The molecule has 2 heterocycles. The number of rotatable bonds is 7. The Labute approximate surface area is 187 Å². The second kappa shape index (κ2) is 9.56. The molecule has 8 nitrogen and oxygen atoms in total. The van der Waals surface area contributed by atoms with Gasteiger partial charge in [0.25, 0.3) is 15.9 Å². The third-order valence-corrected chi connectivity index (χ3v) is 8.00. The Balaban J connectivity index is 2.09. The number of hydrogen-bond donors (Lipinski definition) is 2. The van der Waals surface area contributed by atoms with Gasteiger partial charge in [-0.15, -0.1) is 11.3 Å². The lowest BCUT2D eigenvalue weighted by Crippen LogP contribution is -2.49. The topological polar surface area (TPSA) is 99.2 Å². The largest absolute Gasteiger partial charge is 0.486 e. The summed E-state index contributed by atoms with van der Waals surface area (Å²) < 4.78 is 34.7. The summed E-state index contributed by atoms with van der Waals surface area (Å²) in [4.78, 5) is 17.0. The van der Waals surface area contributed by atoms with Gasteiger partial charge >= 0.3 is 0 Å². The molecule has 0 bridgehead atoms. The van der Waals surface area contributed by atoms with Crippen LogP contribution in [0.2, 0.25) is 0 Å². The minimum absolute atomic E-state index is 0.0459. The summed E-state index contributed by atoms with van der Waals surface area (Å²) in [5, 5.41) is 11.4. The highest BCUT2D eigenvalue weighted by Gasteiger charge is 2.34. The monoisotopic (exact) mass is 467 g/mol. The Morgan fingerprint density at radius 1 is 1.32 bits per heavy atom. The zero-order valence-electron chi connectivity index (χ0n) is 18.1. The number of sulfonamides is 1. The highest BCUT2D eigenvalue weighted by Crippen LogP contribution is 2.36. The molecule has 3 rings (SSSR count). The second-order valence-corrected chi connectivity index (χ2v) is 11.0. The predicted molar refractivity (Wildman–Crippen MR) is 121 cm³/mol. The maximum atomic E-state index is 13.4. The molecule has 2 aromatic rings. The van der Waals surface area contributed by atoms with Crippen molar-refractivity contribution >= 4 is 33.0 Å². The summed E-state index contributed by atoms with van der Waals surface area (Å²) in [5.41, 5.74) is 0.482. The Morgan fingerprint density at radius 2 is 2.06 bits per heavy atom. The van der Waals surface area contributed by atoms with E-state index >= 15 is 0 Å². The van der Waals surface area contributed by atoms with Crippen LogP contribution in [0.15, 0.2) is 39.9 Å². The van der Waals surface area contributed by atoms with Gasteiger partial charge in [-0.2, -0.15) is 0 Å². The van der Waals surface area contributed by atoms with Crippen LogP contribution in [-0.2, 0) is 10.0 Å². The maximum Gasteiger partial charge on any atom is 0.271 e. The van der Waals surface area contributed by atoms with Crippen LogP contribution in [0.4, 0.5) is 5.69 Å². The summed E-state index contributed by atoms with van der Waals surface area (Å²) in [6.07, 6.45) is -0.289. The van der Waals surface area contributed by atoms with E-state index in [1.807, 2.05) is 25.9 Å². The highest BCUT2D eigenvalue weighted by molar-refractivity contribution is 7.94. The summed E-state index contributed by atoms with van der Waals surface area (Å²) in [5.74, 6) is -0.138. The summed E-state index contributed by atoms with van der Waals surface area (Å²) in [6.45, 7) is 4.61. The van der Waals surface area contributed by atoms with Crippen molar-refractivity contribution < 1.29 is 23.1 Å². The molecule has 0 saturated heterocycles. The van der Waals surface area contributed by atoms with Crippen molar-refractivity contribution in [1.29, 1.82) is 0 Å². The van der Waals surface area contributed by atoms with Crippen LogP contribution < -0.4 is 9.46 Å². The third kappa shape index (κ3) is 5.20. The lowest BCUT2D eigenvalue weighted by molar-refractivity contribution is 0.0366. The van der Waals surface area contributed by atoms with Crippen LogP contribution in [0.5, 0.6) is 5.75 Å². The van der Waals surface area contributed by atoms with Gasteiger partial charge in [0.1, 0.15) is 10.3 Å². The van der Waals surface area contributed by atoms with Crippen molar-refractivity contribution in [2.45, 2.75) is 30.2 Å².